The van der Waals surface area contributed by atoms with E-state index in [4.69, 9.17) is 4.74 Å². The van der Waals surface area contributed by atoms with E-state index in [0.29, 0.717) is 25.1 Å². The largest absolute Gasteiger partial charge is 0.484 e. The van der Waals surface area contributed by atoms with Gasteiger partial charge in [0.2, 0.25) is 5.91 Å². The molecule has 2 N–H and O–H groups in total. The van der Waals surface area contributed by atoms with E-state index in [2.05, 4.69) is 15.4 Å². The van der Waals surface area contributed by atoms with Crippen LogP contribution in [0.15, 0.2) is 24.3 Å². The van der Waals surface area contributed by atoms with Crippen LogP contribution in [0.3, 0.4) is 0 Å². The Balaban J connectivity index is 1.98. The zero-order valence-corrected chi connectivity index (χ0v) is 13.4. The van der Waals surface area contributed by atoms with Crippen LogP contribution >= 0.6 is 0 Å². The molecule has 1 aromatic rings. The molecule has 0 bridgehead atoms. The van der Waals surface area contributed by atoms with Gasteiger partial charge in [-0.15, -0.1) is 0 Å². The molecule has 8 heteroatoms. The lowest BCUT2D eigenvalue weighted by molar-refractivity contribution is -0.153. The quantitative estimate of drug-likeness (QED) is 0.831. The van der Waals surface area contributed by atoms with Gasteiger partial charge in [0.1, 0.15) is 5.75 Å². The Labute approximate surface area is 138 Å². The maximum atomic E-state index is 12.6. The second kappa shape index (κ2) is 7.85. The summed E-state index contributed by atoms with van der Waals surface area (Å²) in [5.74, 6) is -0.0476. The highest BCUT2D eigenvalue weighted by atomic mass is 19.4. The second-order valence-electron chi connectivity index (χ2n) is 5.85. The maximum absolute atomic E-state index is 12.6. The van der Waals surface area contributed by atoms with Gasteiger partial charge in [-0.25, -0.2) is 0 Å². The van der Waals surface area contributed by atoms with Crippen molar-refractivity contribution in [2.75, 3.05) is 38.7 Å². The summed E-state index contributed by atoms with van der Waals surface area (Å²) in [6.07, 6.45) is -3.05. The number of benzene rings is 1. The fourth-order valence-corrected chi connectivity index (χ4v) is 2.68. The number of nitrogens with one attached hydrogen (secondary N) is 2. The number of carbonyl (C=O) groups is 1. The molecule has 1 saturated heterocycles. The van der Waals surface area contributed by atoms with E-state index in [1.165, 1.54) is 24.3 Å². The Hall–Kier alpha value is -1.80. The zero-order chi connectivity index (χ0) is 17.6. The Bertz CT molecular complexity index is 535. The Morgan fingerprint density at radius 1 is 1.25 bits per heavy atom. The second-order valence-corrected chi connectivity index (χ2v) is 5.85. The van der Waals surface area contributed by atoms with Gasteiger partial charge in [-0.3, -0.25) is 4.79 Å². The minimum Gasteiger partial charge on any atom is -0.484 e. The van der Waals surface area contributed by atoms with Crippen LogP contribution in [0.1, 0.15) is 12.8 Å². The molecule has 2 rings (SSSR count). The molecule has 0 unspecified atom stereocenters. The van der Waals surface area contributed by atoms with Crippen LogP contribution in [-0.4, -0.2) is 45.5 Å². The molecule has 5 nitrogen and oxygen atoms in total. The molecule has 1 aromatic carbocycles. The third kappa shape index (κ3) is 5.10. The van der Waals surface area contributed by atoms with Gasteiger partial charge in [-0.2, -0.15) is 13.2 Å². The summed E-state index contributed by atoms with van der Waals surface area (Å²) in [7, 11) is 1.56. The third-order valence-electron chi connectivity index (χ3n) is 3.98. The number of alkyl halides is 3. The normalized spacial score (nSPS) is 17.3. The summed E-state index contributed by atoms with van der Waals surface area (Å²) < 4.78 is 46.2. The van der Waals surface area contributed by atoms with Crippen molar-refractivity contribution in [1.29, 1.82) is 0 Å². The number of hydrogen-bond donors (Lipinski definition) is 2. The summed E-state index contributed by atoms with van der Waals surface area (Å²) in [6, 6.07) is 5.83. The number of carbonyl (C=O) groups excluding carboxylic acids is 1. The van der Waals surface area contributed by atoms with Crippen LogP contribution in [-0.2, 0) is 9.53 Å². The van der Waals surface area contributed by atoms with Gasteiger partial charge in [0.25, 0.3) is 0 Å². The molecule has 0 spiro atoms. The highest BCUT2D eigenvalue weighted by molar-refractivity contribution is 5.95. The molecule has 0 atom stereocenters. The number of methoxy groups -OCH3 is 1. The molecular weight excluding hydrogens is 325 g/mol. The van der Waals surface area contributed by atoms with Gasteiger partial charge < -0.3 is 20.1 Å². The fraction of sp³-hybridized carbons (Fsp3) is 0.562. The van der Waals surface area contributed by atoms with Crippen LogP contribution in [0.25, 0.3) is 0 Å². The van der Waals surface area contributed by atoms with E-state index in [1.54, 1.807) is 7.11 Å². The van der Waals surface area contributed by atoms with Gasteiger partial charge in [-0.1, -0.05) is 0 Å². The standard InChI is InChI=1S/C16H21F3N2O3/c1-23-10-15(6-8-20-9-7-15)14(22)21-12-2-4-13(5-3-12)24-11-16(17,18)19/h2-5,20H,6-11H2,1H3,(H,21,22). The van der Waals surface area contributed by atoms with Crippen molar-refractivity contribution in [3.05, 3.63) is 24.3 Å². The van der Waals surface area contributed by atoms with Crippen molar-refractivity contribution in [3.8, 4) is 5.75 Å². The number of anilines is 1. The van der Waals surface area contributed by atoms with Crippen molar-refractivity contribution in [2.45, 2.75) is 19.0 Å². The van der Waals surface area contributed by atoms with Crippen molar-refractivity contribution >= 4 is 11.6 Å². The maximum Gasteiger partial charge on any atom is 0.422 e. The van der Waals surface area contributed by atoms with Crippen molar-refractivity contribution in [3.63, 3.8) is 0 Å². The third-order valence-corrected chi connectivity index (χ3v) is 3.98. The van der Waals surface area contributed by atoms with E-state index < -0.39 is 18.2 Å². The Kier molecular flexibility index (Phi) is 6.06. The lowest BCUT2D eigenvalue weighted by atomic mass is 9.78. The number of halogens is 3. The predicted octanol–water partition coefficient (Wildman–Crippen LogP) is 2.58. The van der Waals surface area contributed by atoms with Crippen LogP contribution in [0.2, 0.25) is 0 Å². The van der Waals surface area contributed by atoms with Gasteiger partial charge in [0.05, 0.1) is 12.0 Å². The van der Waals surface area contributed by atoms with Gasteiger partial charge >= 0.3 is 6.18 Å². The van der Waals surface area contributed by atoms with E-state index in [9.17, 15) is 18.0 Å². The molecule has 134 valence electrons. The minimum atomic E-state index is -4.38. The van der Waals surface area contributed by atoms with E-state index in [1.807, 2.05) is 0 Å². The Morgan fingerprint density at radius 3 is 2.42 bits per heavy atom. The fourth-order valence-electron chi connectivity index (χ4n) is 2.68. The molecule has 24 heavy (non-hydrogen) atoms. The topological polar surface area (TPSA) is 59.6 Å². The molecule has 1 heterocycles. The number of hydrogen-bond acceptors (Lipinski definition) is 4. The first-order valence-corrected chi connectivity index (χ1v) is 7.65. The van der Waals surface area contributed by atoms with Gasteiger partial charge in [-0.05, 0) is 50.2 Å². The molecule has 0 saturated carbocycles. The minimum absolute atomic E-state index is 0.0961. The van der Waals surface area contributed by atoms with Crippen LogP contribution < -0.4 is 15.4 Å². The first-order valence-electron chi connectivity index (χ1n) is 7.65. The first kappa shape index (κ1) is 18.5. The smallest absolute Gasteiger partial charge is 0.422 e. The molecule has 0 aromatic heterocycles. The highest BCUT2D eigenvalue weighted by Crippen LogP contribution is 2.31. The summed E-state index contributed by atoms with van der Waals surface area (Å²) in [4.78, 5) is 12.6. The highest BCUT2D eigenvalue weighted by Gasteiger charge is 2.39. The van der Waals surface area contributed by atoms with Crippen molar-refractivity contribution in [2.24, 2.45) is 5.41 Å². The zero-order valence-electron chi connectivity index (χ0n) is 13.4. The van der Waals surface area contributed by atoms with E-state index in [0.717, 1.165) is 13.1 Å². The van der Waals surface area contributed by atoms with Crippen LogP contribution in [0, 0.1) is 5.41 Å². The number of ether oxygens (including phenoxy) is 2. The predicted molar refractivity (Wildman–Crippen MR) is 83.0 cm³/mol. The average molecular weight is 346 g/mol. The summed E-state index contributed by atoms with van der Waals surface area (Å²) in [6.45, 7) is 0.456. The van der Waals surface area contributed by atoms with Gasteiger partial charge in [0.15, 0.2) is 6.61 Å². The number of amides is 1. The monoisotopic (exact) mass is 346 g/mol. The average Bonchev–Trinajstić information content (AvgIpc) is 2.54. The summed E-state index contributed by atoms with van der Waals surface area (Å²) in [5.41, 5.74) is -0.0841. The lowest BCUT2D eigenvalue weighted by Gasteiger charge is -2.35. The number of rotatable bonds is 6. The molecule has 1 aliphatic rings. The van der Waals surface area contributed by atoms with E-state index >= 15 is 0 Å². The summed E-state index contributed by atoms with van der Waals surface area (Å²) in [5, 5.41) is 6.02. The van der Waals surface area contributed by atoms with E-state index in [-0.39, 0.29) is 11.7 Å². The lowest BCUT2D eigenvalue weighted by Crippen LogP contribution is -2.47. The van der Waals surface area contributed by atoms with Crippen molar-refractivity contribution in [1.82, 2.24) is 5.32 Å². The summed E-state index contributed by atoms with van der Waals surface area (Å²) >= 11 is 0. The molecular formula is C16H21F3N2O3. The first-order chi connectivity index (χ1) is 11.3. The molecule has 1 aliphatic heterocycles. The number of piperidine rings is 1. The molecule has 0 radical (unpaired) electrons. The Morgan fingerprint density at radius 2 is 1.88 bits per heavy atom. The molecule has 0 aliphatic carbocycles. The van der Waals surface area contributed by atoms with Crippen molar-refractivity contribution < 1.29 is 27.4 Å². The SMILES string of the molecule is COCC1(C(=O)Nc2ccc(OCC(F)(F)F)cc2)CCNCC1. The molecule has 1 amide bonds. The van der Waals surface area contributed by atoms with Crippen LogP contribution in [0.5, 0.6) is 5.75 Å². The van der Waals surface area contributed by atoms with Gasteiger partial charge in [0, 0.05) is 12.8 Å². The van der Waals surface area contributed by atoms with Crippen LogP contribution in [0.4, 0.5) is 18.9 Å². The molecule has 1 fully saturated rings.